The molecule has 1 aromatic heterocycles. The lowest BCUT2D eigenvalue weighted by Crippen LogP contribution is -2.12. The number of tetrazole rings is 1. The molecule has 1 aliphatic carbocycles. The summed E-state index contributed by atoms with van der Waals surface area (Å²) in [6.07, 6.45) is 2.21. The molecule has 1 aliphatic rings. The normalized spacial score (nSPS) is 14.2. The number of ether oxygens (including phenoxy) is 1. The molecular formula is C14H16N4O2S. The zero-order chi connectivity index (χ0) is 14.8. The number of nitrogens with zero attached hydrogens (tertiary/aromatic N) is 4. The van der Waals surface area contributed by atoms with Crippen LogP contribution in [0.4, 0.5) is 0 Å². The molecule has 0 radical (unpaired) electrons. The second-order valence-electron chi connectivity index (χ2n) is 5.17. The average molecular weight is 304 g/mol. The molecule has 0 saturated heterocycles. The first-order valence-electron chi connectivity index (χ1n) is 6.82. The molecule has 0 aliphatic heterocycles. The van der Waals surface area contributed by atoms with Gasteiger partial charge in [-0.25, -0.2) is 4.68 Å². The smallest absolute Gasteiger partial charge is 0.321 e. The van der Waals surface area contributed by atoms with Crippen LogP contribution in [0.25, 0.3) is 0 Å². The molecule has 0 amide bonds. The van der Waals surface area contributed by atoms with Crippen molar-refractivity contribution in [1.29, 1.82) is 0 Å². The molecule has 3 rings (SSSR count). The van der Waals surface area contributed by atoms with Gasteiger partial charge in [0.2, 0.25) is 5.16 Å². The fourth-order valence-electron chi connectivity index (χ4n) is 2.02. The Bertz CT molecular complexity index is 667. The van der Waals surface area contributed by atoms with Crippen LogP contribution in [0.5, 0.6) is 5.75 Å². The summed E-state index contributed by atoms with van der Waals surface area (Å²) in [5, 5.41) is 12.2. The van der Waals surface area contributed by atoms with E-state index in [0.717, 1.165) is 24.0 Å². The molecule has 2 aromatic rings. The summed E-state index contributed by atoms with van der Waals surface area (Å²) in [4.78, 5) is 11.9. The standard InChI is InChI=1S/C14H16N4O2S/c1-9-3-6-12(10(2)7-9)20-13(19)8-21-14-15-16-17-18(14)11-4-5-11/h3,6-7,11H,4-5,8H2,1-2H3. The maximum Gasteiger partial charge on any atom is 0.321 e. The first kappa shape index (κ1) is 14.1. The predicted octanol–water partition coefficient (Wildman–Crippen LogP) is 2.32. The number of carbonyl (C=O) groups is 1. The molecule has 0 bridgehead atoms. The SMILES string of the molecule is Cc1ccc(OC(=O)CSc2nnnn2C2CC2)c(C)c1. The molecule has 1 saturated carbocycles. The second kappa shape index (κ2) is 5.85. The largest absolute Gasteiger partial charge is 0.426 e. The lowest BCUT2D eigenvalue weighted by Gasteiger charge is -2.07. The number of hydrogen-bond donors (Lipinski definition) is 0. The Morgan fingerprint density at radius 3 is 2.95 bits per heavy atom. The molecule has 6 nitrogen and oxygen atoms in total. The monoisotopic (exact) mass is 304 g/mol. The van der Waals surface area contributed by atoms with Crippen molar-refractivity contribution < 1.29 is 9.53 Å². The molecule has 0 N–H and O–H groups in total. The van der Waals surface area contributed by atoms with Gasteiger partial charge >= 0.3 is 5.97 Å². The molecule has 1 heterocycles. The van der Waals surface area contributed by atoms with E-state index in [9.17, 15) is 4.79 Å². The Morgan fingerprint density at radius 1 is 1.43 bits per heavy atom. The van der Waals surface area contributed by atoms with Gasteiger partial charge in [0.15, 0.2) is 0 Å². The van der Waals surface area contributed by atoms with E-state index in [1.54, 1.807) is 4.68 Å². The maximum atomic E-state index is 11.9. The first-order valence-corrected chi connectivity index (χ1v) is 7.80. The number of thioether (sulfide) groups is 1. The average Bonchev–Trinajstić information content (AvgIpc) is 3.18. The van der Waals surface area contributed by atoms with E-state index in [0.29, 0.717) is 16.9 Å². The van der Waals surface area contributed by atoms with Crippen LogP contribution in [0, 0.1) is 13.8 Å². The number of rotatable bonds is 5. The molecule has 1 fully saturated rings. The third-order valence-corrected chi connectivity index (χ3v) is 4.14. The molecule has 110 valence electrons. The minimum absolute atomic E-state index is 0.195. The van der Waals surface area contributed by atoms with Crippen molar-refractivity contribution in [2.24, 2.45) is 0 Å². The first-order chi connectivity index (χ1) is 10.1. The van der Waals surface area contributed by atoms with Gasteiger partial charge in [0.1, 0.15) is 5.75 Å². The highest BCUT2D eigenvalue weighted by Crippen LogP contribution is 2.36. The van der Waals surface area contributed by atoms with Crippen molar-refractivity contribution in [3.8, 4) is 5.75 Å². The Morgan fingerprint density at radius 2 is 2.24 bits per heavy atom. The zero-order valence-electron chi connectivity index (χ0n) is 11.9. The maximum absolute atomic E-state index is 11.9. The van der Waals surface area contributed by atoms with Crippen molar-refractivity contribution >= 4 is 17.7 Å². The van der Waals surface area contributed by atoms with Crippen molar-refractivity contribution in [2.75, 3.05) is 5.75 Å². The summed E-state index contributed by atoms with van der Waals surface area (Å²) in [5.74, 6) is 0.505. The van der Waals surface area contributed by atoms with Gasteiger partial charge in [0.25, 0.3) is 0 Å². The predicted molar refractivity (Wildman–Crippen MR) is 78.4 cm³/mol. The lowest BCUT2D eigenvalue weighted by atomic mass is 10.1. The van der Waals surface area contributed by atoms with Crippen LogP contribution in [0.2, 0.25) is 0 Å². The topological polar surface area (TPSA) is 69.9 Å². The van der Waals surface area contributed by atoms with E-state index >= 15 is 0 Å². The van der Waals surface area contributed by atoms with E-state index in [4.69, 9.17) is 4.74 Å². The summed E-state index contributed by atoms with van der Waals surface area (Å²) in [6, 6.07) is 6.14. The Hall–Kier alpha value is -1.89. The van der Waals surface area contributed by atoms with E-state index in [1.807, 2.05) is 32.0 Å². The summed E-state index contributed by atoms with van der Waals surface area (Å²) in [7, 11) is 0. The molecule has 0 spiro atoms. The van der Waals surface area contributed by atoms with Crippen LogP contribution in [0.3, 0.4) is 0 Å². The van der Waals surface area contributed by atoms with Crippen molar-refractivity contribution in [2.45, 2.75) is 37.9 Å². The van der Waals surface area contributed by atoms with Crippen molar-refractivity contribution in [1.82, 2.24) is 20.2 Å². The Kier molecular flexibility index (Phi) is 3.92. The fraction of sp³-hybridized carbons (Fsp3) is 0.429. The summed E-state index contributed by atoms with van der Waals surface area (Å²) in [5.41, 5.74) is 2.10. The summed E-state index contributed by atoms with van der Waals surface area (Å²) in [6.45, 7) is 3.93. The number of benzene rings is 1. The van der Waals surface area contributed by atoms with Gasteiger partial charge < -0.3 is 4.74 Å². The number of hydrogen-bond acceptors (Lipinski definition) is 6. The highest BCUT2D eigenvalue weighted by molar-refractivity contribution is 7.99. The van der Waals surface area contributed by atoms with Crippen LogP contribution >= 0.6 is 11.8 Å². The highest BCUT2D eigenvalue weighted by Gasteiger charge is 2.28. The van der Waals surface area contributed by atoms with Crippen LogP contribution in [0.1, 0.15) is 30.0 Å². The van der Waals surface area contributed by atoms with E-state index in [2.05, 4.69) is 15.5 Å². The van der Waals surface area contributed by atoms with Crippen molar-refractivity contribution in [3.05, 3.63) is 29.3 Å². The van der Waals surface area contributed by atoms with Gasteiger partial charge in [-0.15, -0.1) is 5.10 Å². The van der Waals surface area contributed by atoms with E-state index < -0.39 is 0 Å². The number of aryl methyl sites for hydroxylation is 2. The molecule has 0 atom stereocenters. The third-order valence-electron chi connectivity index (χ3n) is 3.23. The molecule has 7 heteroatoms. The molecule has 21 heavy (non-hydrogen) atoms. The molecule has 0 unspecified atom stereocenters. The number of esters is 1. The fourth-order valence-corrected chi connectivity index (χ4v) is 2.74. The van der Waals surface area contributed by atoms with Crippen molar-refractivity contribution in [3.63, 3.8) is 0 Å². The third kappa shape index (κ3) is 3.41. The van der Waals surface area contributed by atoms with E-state index in [1.165, 1.54) is 11.8 Å². The van der Waals surface area contributed by atoms with Gasteiger partial charge in [-0.1, -0.05) is 29.5 Å². The minimum Gasteiger partial charge on any atom is -0.426 e. The van der Waals surface area contributed by atoms with Crippen LogP contribution < -0.4 is 4.74 Å². The highest BCUT2D eigenvalue weighted by atomic mass is 32.2. The minimum atomic E-state index is -0.294. The van der Waals surface area contributed by atoms with E-state index in [-0.39, 0.29) is 11.7 Å². The number of aromatic nitrogens is 4. The Balaban J connectivity index is 1.57. The van der Waals surface area contributed by atoms with Crippen LogP contribution in [0.15, 0.2) is 23.4 Å². The van der Waals surface area contributed by atoms with Gasteiger partial charge in [0, 0.05) is 0 Å². The molecular weight excluding hydrogens is 288 g/mol. The van der Waals surface area contributed by atoms with Crippen LogP contribution in [-0.2, 0) is 4.79 Å². The second-order valence-corrected chi connectivity index (χ2v) is 6.11. The zero-order valence-corrected chi connectivity index (χ0v) is 12.8. The lowest BCUT2D eigenvalue weighted by molar-refractivity contribution is -0.131. The summed E-state index contributed by atoms with van der Waals surface area (Å²) < 4.78 is 7.16. The quantitative estimate of drug-likeness (QED) is 0.480. The van der Waals surface area contributed by atoms with Gasteiger partial charge in [-0.2, -0.15) is 0 Å². The van der Waals surface area contributed by atoms with Crippen LogP contribution in [-0.4, -0.2) is 31.9 Å². The van der Waals surface area contributed by atoms with Gasteiger partial charge in [-0.05, 0) is 48.7 Å². The van der Waals surface area contributed by atoms with Gasteiger partial charge in [-0.3, -0.25) is 4.79 Å². The van der Waals surface area contributed by atoms with Gasteiger partial charge in [0.05, 0.1) is 11.8 Å². The summed E-state index contributed by atoms with van der Waals surface area (Å²) >= 11 is 1.31. The molecule has 1 aromatic carbocycles. The number of carbonyl (C=O) groups excluding carboxylic acids is 1. The Labute approximate surface area is 126 Å².